The molecule has 2 unspecified atom stereocenters. The molecule has 1 amide bonds. The predicted molar refractivity (Wildman–Crippen MR) is 79.3 cm³/mol. The van der Waals surface area contributed by atoms with Crippen molar-refractivity contribution >= 4 is 5.91 Å². The van der Waals surface area contributed by atoms with Gasteiger partial charge in [-0.3, -0.25) is 4.79 Å². The number of benzene rings is 1. The smallest absolute Gasteiger partial charge is 0.254 e. The summed E-state index contributed by atoms with van der Waals surface area (Å²) in [6.45, 7) is 3.28. The van der Waals surface area contributed by atoms with Crippen LogP contribution in [0.25, 0.3) is 0 Å². The van der Waals surface area contributed by atoms with E-state index in [0.29, 0.717) is 12.6 Å². The Morgan fingerprint density at radius 1 is 1.45 bits per heavy atom. The van der Waals surface area contributed by atoms with Gasteiger partial charge in [-0.1, -0.05) is 17.9 Å². The first-order valence-electron chi connectivity index (χ1n) is 7.29. The molecule has 20 heavy (non-hydrogen) atoms. The molecule has 0 aromatic heterocycles. The lowest BCUT2D eigenvalue weighted by molar-refractivity contribution is 0.0703. The van der Waals surface area contributed by atoms with E-state index in [2.05, 4.69) is 16.7 Å². The van der Waals surface area contributed by atoms with Crippen LogP contribution in [0.5, 0.6) is 0 Å². The average Bonchev–Trinajstić information content (AvgIpc) is 3.08. The molecule has 1 heterocycles. The lowest BCUT2D eigenvalue weighted by Crippen LogP contribution is -2.37. The van der Waals surface area contributed by atoms with Crippen LogP contribution in [-0.2, 0) is 0 Å². The van der Waals surface area contributed by atoms with Crippen molar-refractivity contribution in [3.05, 3.63) is 34.9 Å². The normalized spacial score (nSPS) is 23.6. The summed E-state index contributed by atoms with van der Waals surface area (Å²) in [6.07, 6.45) is 3.65. The third kappa shape index (κ3) is 2.32. The molecule has 0 radical (unpaired) electrons. The molecule has 1 aliphatic carbocycles. The monoisotopic (exact) mass is 268 g/mol. The fourth-order valence-corrected chi connectivity index (χ4v) is 3.38. The van der Waals surface area contributed by atoms with E-state index in [1.165, 1.54) is 19.3 Å². The van der Waals surface area contributed by atoms with Gasteiger partial charge in [-0.05, 0) is 49.8 Å². The SMILES string of the molecule is Cc1ccc(C(=O)N2CC3CCC2C3)cc1C#CCN. The number of carbonyl (C=O) groups is 1. The van der Waals surface area contributed by atoms with Crippen LogP contribution in [-0.4, -0.2) is 29.9 Å². The molecule has 1 saturated carbocycles. The van der Waals surface area contributed by atoms with Crippen LogP contribution < -0.4 is 5.73 Å². The van der Waals surface area contributed by atoms with E-state index in [0.717, 1.165) is 29.2 Å². The Labute approximate surface area is 120 Å². The molecule has 2 aliphatic rings. The number of aryl methyl sites for hydroxylation is 1. The van der Waals surface area contributed by atoms with Gasteiger partial charge in [0.25, 0.3) is 5.91 Å². The fourth-order valence-electron chi connectivity index (χ4n) is 3.38. The zero-order valence-corrected chi connectivity index (χ0v) is 11.9. The number of hydrogen-bond donors (Lipinski definition) is 1. The van der Waals surface area contributed by atoms with Gasteiger partial charge in [0.05, 0.1) is 6.54 Å². The number of hydrogen-bond acceptors (Lipinski definition) is 2. The molecule has 1 aromatic rings. The molecule has 0 spiro atoms. The van der Waals surface area contributed by atoms with Crippen molar-refractivity contribution in [2.24, 2.45) is 11.7 Å². The lowest BCUT2D eigenvalue weighted by atomic mass is 10.0. The highest BCUT2D eigenvalue weighted by molar-refractivity contribution is 5.95. The summed E-state index contributed by atoms with van der Waals surface area (Å²) in [5.41, 5.74) is 8.17. The Hall–Kier alpha value is -1.79. The maximum Gasteiger partial charge on any atom is 0.254 e. The summed E-state index contributed by atoms with van der Waals surface area (Å²) >= 11 is 0. The Balaban J connectivity index is 1.85. The molecule has 1 aliphatic heterocycles. The first-order chi connectivity index (χ1) is 9.69. The van der Waals surface area contributed by atoms with Gasteiger partial charge < -0.3 is 10.6 Å². The quantitative estimate of drug-likeness (QED) is 0.791. The van der Waals surface area contributed by atoms with Crippen molar-refractivity contribution in [3.8, 4) is 11.8 Å². The van der Waals surface area contributed by atoms with Gasteiger partial charge >= 0.3 is 0 Å². The summed E-state index contributed by atoms with van der Waals surface area (Å²) in [7, 11) is 0. The van der Waals surface area contributed by atoms with Crippen LogP contribution in [0.2, 0.25) is 0 Å². The molecule has 104 valence electrons. The third-order valence-electron chi connectivity index (χ3n) is 4.48. The van der Waals surface area contributed by atoms with Crippen LogP contribution in [0, 0.1) is 24.7 Å². The standard InChI is InChI=1S/C17H20N2O/c1-12-4-6-15(10-14(12)3-2-8-18)17(20)19-11-13-5-7-16(19)9-13/h4,6,10,13,16H,5,7-9,11,18H2,1H3. The van der Waals surface area contributed by atoms with Crippen molar-refractivity contribution in [2.75, 3.05) is 13.1 Å². The third-order valence-corrected chi connectivity index (χ3v) is 4.48. The highest BCUT2D eigenvalue weighted by atomic mass is 16.2. The first-order valence-corrected chi connectivity index (χ1v) is 7.29. The van der Waals surface area contributed by atoms with Crippen LogP contribution in [0.4, 0.5) is 0 Å². The summed E-state index contributed by atoms with van der Waals surface area (Å²) in [5, 5.41) is 0. The zero-order chi connectivity index (χ0) is 14.1. The van der Waals surface area contributed by atoms with Gasteiger partial charge in [0.15, 0.2) is 0 Å². The van der Waals surface area contributed by atoms with Crippen LogP contribution in [0.1, 0.15) is 40.7 Å². The summed E-state index contributed by atoms with van der Waals surface area (Å²) in [5.74, 6) is 6.80. The lowest BCUT2D eigenvalue weighted by Gasteiger charge is -2.27. The number of rotatable bonds is 1. The Morgan fingerprint density at radius 2 is 2.30 bits per heavy atom. The topological polar surface area (TPSA) is 46.3 Å². The highest BCUT2D eigenvalue weighted by Crippen LogP contribution is 2.38. The minimum Gasteiger partial charge on any atom is -0.335 e. The van der Waals surface area contributed by atoms with E-state index in [9.17, 15) is 4.79 Å². The van der Waals surface area contributed by atoms with Crippen molar-refractivity contribution < 1.29 is 4.79 Å². The molecule has 2 fully saturated rings. The zero-order valence-electron chi connectivity index (χ0n) is 11.9. The number of piperidine rings is 1. The Morgan fingerprint density at radius 3 is 2.95 bits per heavy atom. The van der Waals surface area contributed by atoms with E-state index in [1.807, 2.05) is 25.1 Å². The first kappa shape index (κ1) is 13.2. The Bertz CT molecular complexity index is 597. The molecule has 1 saturated heterocycles. The predicted octanol–water partition coefficient (Wildman–Crippen LogP) is 1.93. The fraction of sp³-hybridized carbons (Fsp3) is 0.471. The number of likely N-dealkylation sites (tertiary alicyclic amines) is 1. The molecule has 2 N–H and O–H groups in total. The summed E-state index contributed by atoms with van der Waals surface area (Å²) in [4.78, 5) is 14.7. The molecule has 3 heteroatoms. The molecular weight excluding hydrogens is 248 g/mol. The number of carbonyl (C=O) groups excluding carboxylic acids is 1. The summed E-state index contributed by atoms with van der Waals surface area (Å²) < 4.78 is 0. The van der Waals surface area contributed by atoms with Crippen LogP contribution >= 0.6 is 0 Å². The number of amides is 1. The van der Waals surface area contributed by atoms with Gasteiger partial charge in [0, 0.05) is 23.7 Å². The van der Waals surface area contributed by atoms with Crippen molar-refractivity contribution in [3.63, 3.8) is 0 Å². The molecular formula is C17H20N2O. The van der Waals surface area contributed by atoms with Gasteiger partial charge in [0.2, 0.25) is 0 Å². The second kappa shape index (κ2) is 5.30. The van der Waals surface area contributed by atoms with Gasteiger partial charge in [0.1, 0.15) is 0 Å². The van der Waals surface area contributed by atoms with Crippen LogP contribution in [0.3, 0.4) is 0 Å². The minimum absolute atomic E-state index is 0.160. The van der Waals surface area contributed by atoms with Crippen molar-refractivity contribution in [2.45, 2.75) is 32.2 Å². The maximum absolute atomic E-state index is 12.6. The number of nitrogens with two attached hydrogens (primary N) is 1. The van der Waals surface area contributed by atoms with E-state index in [4.69, 9.17) is 5.73 Å². The van der Waals surface area contributed by atoms with E-state index in [1.54, 1.807) is 0 Å². The second-order valence-electron chi connectivity index (χ2n) is 5.83. The van der Waals surface area contributed by atoms with E-state index in [-0.39, 0.29) is 5.91 Å². The van der Waals surface area contributed by atoms with E-state index >= 15 is 0 Å². The number of fused-ring (bicyclic) bond motifs is 2. The second-order valence-corrected chi connectivity index (χ2v) is 5.83. The molecule has 3 rings (SSSR count). The maximum atomic E-state index is 12.6. The number of nitrogens with zero attached hydrogens (tertiary/aromatic N) is 1. The summed E-state index contributed by atoms with van der Waals surface area (Å²) in [6, 6.07) is 6.26. The molecule has 2 bridgehead atoms. The molecule has 3 nitrogen and oxygen atoms in total. The average molecular weight is 268 g/mol. The van der Waals surface area contributed by atoms with Crippen molar-refractivity contribution in [1.29, 1.82) is 0 Å². The van der Waals surface area contributed by atoms with E-state index < -0.39 is 0 Å². The highest BCUT2D eigenvalue weighted by Gasteiger charge is 2.40. The van der Waals surface area contributed by atoms with Gasteiger partial charge in [-0.2, -0.15) is 0 Å². The van der Waals surface area contributed by atoms with Crippen molar-refractivity contribution in [1.82, 2.24) is 4.90 Å². The Kier molecular flexibility index (Phi) is 3.50. The van der Waals surface area contributed by atoms with Gasteiger partial charge in [-0.25, -0.2) is 0 Å². The largest absolute Gasteiger partial charge is 0.335 e. The van der Waals surface area contributed by atoms with Crippen LogP contribution in [0.15, 0.2) is 18.2 Å². The molecule has 2 atom stereocenters. The van der Waals surface area contributed by atoms with Gasteiger partial charge in [-0.15, -0.1) is 0 Å². The molecule has 1 aromatic carbocycles. The minimum atomic E-state index is 0.160.